The van der Waals surface area contributed by atoms with Crippen LogP contribution in [0.15, 0.2) is 47.1 Å². The lowest BCUT2D eigenvalue weighted by atomic mass is 10.0. The molecule has 1 amide bonds. The maximum Gasteiger partial charge on any atom is 0.251 e. The van der Waals surface area contributed by atoms with Gasteiger partial charge >= 0.3 is 0 Å². The molecule has 1 aliphatic carbocycles. The van der Waals surface area contributed by atoms with Crippen molar-refractivity contribution in [1.29, 1.82) is 0 Å². The number of rotatable bonds is 1. The number of nitrogens with one attached hydrogen (secondary N) is 1. The van der Waals surface area contributed by atoms with E-state index in [9.17, 15) is 4.79 Å². The van der Waals surface area contributed by atoms with Crippen LogP contribution in [0, 0.1) is 0 Å². The molecule has 0 aromatic rings. The molecule has 0 aromatic carbocycles. The molecule has 0 spiro atoms. The van der Waals surface area contributed by atoms with Crippen LogP contribution in [-0.2, 0) is 4.79 Å². The summed E-state index contributed by atoms with van der Waals surface area (Å²) in [5.74, 6) is 0.0400. The number of carbonyl (C=O) groups is 1. The predicted molar refractivity (Wildman–Crippen MR) is 56.7 cm³/mol. The maximum atomic E-state index is 11.4. The van der Waals surface area contributed by atoms with E-state index in [1.807, 2.05) is 18.2 Å². The Labute approximate surface area is 83.7 Å². The van der Waals surface area contributed by atoms with Crippen molar-refractivity contribution in [3.8, 4) is 0 Å². The SMILES string of the molecule is CCC1=C/C=C\C=C2\C(=O)NCC2=C1. The van der Waals surface area contributed by atoms with Gasteiger partial charge in [-0.3, -0.25) is 4.79 Å². The summed E-state index contributed by atoms with van der Waals surface area (Å²) in [5.41, 5.74) is 3.17. The Balaban J connectivity index is 2.41. The monoisotopic (exact) mass is 187 g/mol. The minimum Gasteiger partial charge on any atom is -0.348 e. The standard InChI is InChI=1S/C12H13NO/c1-2-9-5-3-4-6-11-10(7-9)8-13-12(11)14/h3-7H,2,8H2,1H3,(H,13,14)/b4-3-,5-3?,6-4?,9-5?,9-7?,10-7?,11-6+. The molecule has 72 valence electrons. The Morgan fingerprint density at radius 2 is 2.14 bits per heavy atom. The number of amides is 1. The van der Waals surface area contributed by atoms with Gasteiger partial charge in [0.15, 0.2) is 0 Å². The number of fused-ring (bicyclic) bond motifs is 1. The minimum atomic E-state index is 0.0400. The van der Waals surface area contributed by atoms with Crippen molar-refractivity contribution >= 4 is 5.91 Å². The van der Waals surface area contributed by atoms with Gasteiger partial charge in [0.05, 0.1) is 0 Å². The molecule has 0 atom stereocenters. The van der Waals surface area contributed by atoms with Crippen molar-refractivity contribution < 1.29 is 4.79 Å². The van der Waals surface area contributed by atoms with Crippen molar-refractivity contribution in [2.45, 2.75) is 13.3 Å². The van der Waals surface area contributed by atoms with Crippen LogP contribution >= 0.6 is 0 Å². The molecular weight excluding hydrogens is 174 g/mol. The first kappa shape index (κ1) is 9.00. The summed E-state index contributed by atoms with van der Waals surface area (Å²) in [6.45, 7) is 2.78. The van der Waals surface area contributed by atoms with Gasteiger partial charge in [-0.1, -0.05) is 31.2 Å². The first-order valence-corrected chi connectivity index (χ1v) is 4.88. The zero-order chi connectivity index (χ0) is 9.97. The zero-order valence-corrected chi connectivity index (χ0v) is 8.21. The van der Waals surface area contributed by atoms with Gasteiger partial charge in [0, 0.05) is 12.1 Å². The molecule has 2 nitrogen and oxygen atoms in total. The molecule has 1 saturated heterocycles. The van der Waals surface area contributed by atoms with Crippen LogP contribution in [0.2, 0.25) is 0 Å². The molecule has 1 N–H and O–H groups in total. The van der Waals surface area contributed by atoms with Gasteiger partial charge in [-0.05, 0) is 23.6 Å². The zero-order valence-electron chi connectivity index (χ0n) is 8.21. The average molecular weight is 187 g/mol. The number of hydrogen-bond donors (Lipinski definition) is 1. The van der Waals surface area contributed by atoms with Crippen LogP contribution < -0.4 is 5.32 Å². The molecular formula is C12H13NO. The van der Waals surface area contributed by atoms with Crippen molar-refractivity contribution in [2.24, 2.45) is 0 Å². The van der Waals surface area contributed by atoms with Crippen molar-refractivity contribution in [3.05, 3.63) is 47.1 Å². The first-order valence-electron chi connectivity index (χ1n) is 4.88. The summed E-state index contributed by atoms with van der Waals surface area (Å²) in [7, 11) is 0. The van der Waals surface area contributed by atoms with Crippen molar-refractivity contribution in [3.63, 3.8) is 0 Å². The van der Waals surface area contributed by atoms with E-state index in [2.05, 4.69) is 24.4 Å². The van der Waals surface area contributed by atoms with Crippen LogP contribution in [0.4, 0.5) is 0 Å². The minimum absolute atomic E-state index is 0.0400. The van der Waals surface area contributed by atoms with Crippen molar-refractivity contribution in [2.75, 3.05) is 6.54 Å². The molecule has 2 heteroatoms. The van der Waals surface area contributed by atoms with E-state index in [1.165, 1.54) is 5.57 Å². The lowest BCUT2D eigenvalue weighted by Gasteiger charge is -2.02. The highest BCUT2D eigenvalue weighted by atomic mass is 16.2. The van der Waals surface area contributed by atoms with Gasteiger partial charge in [-0.15, -0.1) is 0 Å². The average Bonchev–Trinajstić information content (AvgIpc) is 2.46. The molecule has 0 aromatic heterocycles. The fourth-order valence-electron chi connectivity index (χ4n) is 1.65. The van der Waals surface area contributed by atoms with E-state index < -0.39 is 0 Å². The molecule has 2 aliphatic rings. The van der Waals surface area contributed by atoms with E-state index in [0.717, 1.165) is 17.6 Å². The summed E-state index contributed by atoms with van der Waals surface area (Å²) in [6, 6.07) is 0. The number of hydrogen-bond acceptors (Lipinski definition) is 1. The van der Waals surface area contributed by atoms with Crippen LogP contribution in [0.3, 0.4) is 0 Å². The molecule has 0 unspecified atom stereocenters. The normalized spacial score (nSPS) is 26.1. The number of carbonyl (C=O) groups excluding carboxylic acids is 1. The largest absolute Gasteiger partial charge is 0.348 e. The fraction of sp³-hybridized carbons (Fsp3) is 0.250. The Kier molecular flexibility index (Phi) is 2.35. The van der Waals surface area contributed by atoms with E-state index in [0.29, 0.717) is 6.54 Å². The third-order valence-electron chi connectivity index (χ3n) is 2.48. The van der Waals surface area contributed by atoms with Gasteiger partial charge in [0.1, 0.15) is 0 Å². The molecule has 0 bridgehead atoms. The fourth-order valence-corrected chi connectivity index (χ4v) is 1.65. The molecule has 14 heavy (non-hydrogen) atoms. The topological polar surface area (TPSA) is 29.1 Å². The second-order valence-corrected chi connectivity index (χ2v) is 3.41. The highest BCUT2D eigenvalue weighted by molar-refractivity contribution is 6.01. The lowest BCUT2D eigenvalue weighted by Crippen LogP contribution is -2.13. The van der Waals surface area contributed by atoms with Gasteiger partial charge in [0.2, 0.25) is 0 Å². The van der Waals surface area contributed by atoms with Crippen LogP contribution in [0.5, 0.6) is 0 Å². The summed E-state index contributed by atoms with van der Waals surface area (Å²) < 4.78 is 0. The first-order chi connectivity index (χ1) is 6.81. The lowest BCUT2D eigenvalue weighted by molar-refractivity contribution is -0.116. The van der Waals surface area contributed by atoms with Gasteiger partial charge in [-0.25, -0.2) is 0 Å². The molecule has 0 saturated carbocycles. The molecule has 0 radical (unpaired) electrons. The predicted octanol–water partition coefficient (Wildman–Crippen LogP) is 1.88. The van der Waals surface area contributed by atoms with E-state index in [4.69, 9.17) is 0 Å². The van der Waals surface area contributed by atoms with Crippen LogP contribution in [-0.4, -0.2) is 12.5 Å². The Morgan fingerprint density at radius 3 is 2.93 bits per heavy atom. The Morgan fingerprint density at radius 1 is 1.36 bits per heavy atom. The smallest absolute Gasteiger partial charge is 0.251 e. The van der Waals surface area contributed by atoms with Gasteiger partial charge in [-0.2, -0.15) is 0 Å². The third kappa shape index (κ3) is 1.55. The quantitative estimate of drug-likeness (QED) is 0.667. The Hall–Kier alpha value is -1.57. The molecule has 2 rings (SSSR count). The summed E-state index contributed by atoms with van der Waals surface area (Å²) in [4.78, 5) is 11.4. The number of allylic oxidation sites excluding steroid dienone is 6. The van der Waals surface area contributed by atoms with Crippen LogP contribution in [0.25, 0.3) is 0 Å². The highest BCUT2D eigenvalue weighted by Crippen LogP contribution is 2.20. The third-order valence-corrected chi connectivity index (χ3v) is 2.48. The molecule has 1 fully saturated rings. The second-order valence-electron chi connectivity index (χ2n) is 3.41. The van der Waals surface area contributed by atoms with Gasteiger partial charge < -0.3 is 5.32 Å². The van der Waals surface area contributed by atoms with Crippen LogP contribution in [0.1, 0.15) is 13.3 Å². The van der Waals surface area contributed by atoms with Crippen molar-refractivity contribution in [1.82, 2.24) is 5.32 Å². The Bertz CT molecular complexity index is 383. The maximum absolute atomic E-state index is 11.4. The molecule has 1 aliphatic heterocycles. The molecule has 1 heterocycles. The van der Waals surface area contributed by atoms with E-state index >= 15 is 0 Å². The van der Waals surface area contributed by atoms with E-state index in [1.54, 1.807) is 0 Å². The second kappa shape index (κ2) is 3.66. The highest BCUT2D eigenvalue weighted by Gasteiger charge is 2.21. The van der Waals surface area contributed by atoms with Gasteiger partial charge in [0.25, 0.3) is 5.91 Å². The summed E-state index contributed by atoms with van der Waals surface area (Å²) in [5, 5.41) is 2.83. The summed E-state index contributed by atoms with van der Waals surface area (Å²) >= 11 is 0. The summed E-state index contributed by atoms with van der Waals surface area (Å²) in [6.07, 6.45) is 11.0. The van der Waals surface area contributed by atoms with E-state index in [-0.39, 0.29) is 5.91 Å².